The van der Waals surface area contributed by atoms with Gasteiger partial charge < -0.3 is 9.67 Å². The maximum Gasteiger partial charge on any atom is 0.341 e. The van der Waals surface area contributed by atoms with Crippen LogP contribution in [0, 0.1) is 5.92 Å². The van der Waals surface area contributed by atoms with E-state index in [0.717, 1.165) is 16.8 Å². The number of amides is 1. The van der Waals surface area contributed by atoms with Crippen molar-refractivity contribution in [2.24, 2.45) is 5.92 Å². The standard InChI is InChI=1S/C15H18F2N2O6S/c16-15(17)6-2-1-4-10(15)9-26(24,25)18-12(20)8-19-7-3-5-11(13(19)21)14(22)23/h3,5,7,10H,1-2,4,6,8-9H2,(H,18,20)(H,22,23). The molecule has 8 nitrogen and oxygen atoms in total. The van der Waals surface area contributed by atoms with Crippen LogP contribution < -0.4 is 10.3 Å². The average Bonchev–Trinajstić information content (AvgIpc) is 2.50. The van der Waals surface area contributed by atoms with Crippen molar-refractivity contribution in [2.45, 2.75) is 38.2 Å². The molecule has 0 radical (unpaired) electrons. The van der Waals surface area contributed by atoms with Gasteiger partial charge in [0, 0.05) is 18.5 Å². The Morgan fingerprint density at radius 2 is 2.04 bits per heavy atom. The molecule has 0 spiro atoms. The number of aromatic nitrogens is 1. The molecule has 11 heteroatoms. The highest BCUT2D eigenvalue weighted by Crippen LogP contribution is 2.38. The van der Waals surface area contributed by atoms with Gasteiger partial charge in [-0.25, -0.2) is 22.0 Å². The predicted octanol–water partition coefficient (Wildman–Crippen LogP) is 0.818. The van der Waals surface area contributed by atoms with Crippen molar-refractivity contribution in [3.8, 4) is 0 Å². The summed E-state index contributed by atoms with van der Waals surface area (Å²) in [6.45, 7) is -0.750. The van der Waals surface area contributed by atoms with Gasteiger partial charge in [0.05, 0.1) is 5.75 Å². The molecule has 26 heavy (non-hydrogen) atoms. The molecule has 1 saturated carbocycles. The molecule has 0 saturated heterocycles. The highest BCUT2D eigenvalue weighted by molar-refractivity contribution is 7.90. The molecule has 1 aliphatic carbocycles. The molecular weight excluding hydrogens is 374 g/mol. The minimum atomic E-state index is -4.32. The number of carboxylic acids is 1. The first kappa shape index (κ1) is 20.0. The van der Waals surface area contributed by atoms with Crippen LogP contribution in [-0.4, -0.2) is 41.6 Å². The number of carbonyl (C=O) groups excluding carboxylic acids is 1. The molecule has 1 atom stereocenters. The lowest BCUT2D eigenvalue weighted by Gasteiger charge is -2.30. The van der Waals surface area contributed by atoms with Crippen molar-refractivity contribution in [3.63, 3.8) is 0 Å². The first-order valence-corrected chi connectivity index (χ1v) is 9.51. The smallest absolute Gasteiger partial charge is 0.341 e. The summed E-state index contributed by atoms with van der Waals surface area (Å²) in [5, 5.41) is 8.86. The van der Waals surface area contributed by atoms with E-state index >= 15 is 0 Å². The third kappa shape index (κ3) is 4.87. The largest absolute Gasteiger partial charge is 0.477 e. The van der Waals surface area contributed by atoms with E-state index < -0.39 is 63.6 Å². The number of carboxylic acid groups (broad SMARTS) is 1. The summed E-state index contributed by atoms with van der Waals surface area (Å²) >= 11 is 0. The van der Waals surface area contributed by atoms with E-state index in [4.69, 9.17) is 5.11 Å². The van der Waals surface area contributed by atoms with Crippen molar-refractivity contribution in [1.82, 2.24) is 9.29 Å². The fourth-order valence-corrected chi connectivity index (χ4v) is 4.30. The van der Waals surface area contributed by atoms with Gasteiger partial charge in [0.1, 0.15) is 12.1 Å². The van der Waals surface area contributed by atoms with E-state index in [1.54, 1.807) is 4.72 Å². The van der Waals surface area contributed by atoms with Gasteiger partial charge >= 0.3 is 5.97 Å². The summed E-state index contributed by atoms with van der Waals surface area (Å²) in [4.78, 5) is 34.6. The van der Waals surface area contributed by atoms with E-state index in [1.807, 2.05) is 0 Å². The quantitative estimate of drug-likeness (QED) is 0.739. The Labute approximate surface area is 147 Å². The Kier molecular flexibility index (Phi) is 5.79. The Morgan fingerprint density at radius 3 is 2.65 bits per heavy atom. The fourth-order valence-electron chi connectivity index (χ4n) is 2.86. The van der Waals surface area contributed by atoms with Crippen LogP contribution in [0.5, 0.6) is 0 Å². The fraction of sp³-hybridized carbons (Fsp3) is 0.533. The Morgan fingerprint density at radius 1 is 1.35 bits per heavy atom. The molecule has 2 rings (SSSR count). The summed E-state index contributed by atoms with van der Waals surface area (Å²) in [6, 6.07) is 2.26. The minimum Gasteiger partial charge on any atom is -0.477 e. The van der Waals surface area contributed by atoms with Crippen LogP contribution in [0.4, 0.5) is 8.78 Å². The number of nitrogens with one attached hydrogen (secondary N) is 1. The average molecular weight is 392 g/mol. The molecule has 2 N–H and O–H groups in total. The Balaban J connectivity index is 2.06. The van der Waals surface area contributed by atoms with Crippen LogP contribution in [0.1, 0.15) is 36.0 Å². The number of sulfonamides is 1. The molecule has 1 amide bonds. The first-order chi connectivity index (χ1) is 12.0. The summed E-state index contributed by atoms with van der Waals surface area (Å²) in [5.74, 6) is -7.98. The highest BCUT2D eigenvalue weighted by Gasteiger charge is 2.43. The van der Waals surface area contributed by atoms with Gasteiger partial charge in [0.25, 0.3) is 17.4 Å². The van der Waals surface area contributed by atoms with Gasteiger partial charge in [-0.1, -0.05) is 6.42 Å². The van der Waals surface area contributed by atoms with E-state index in [1.165, 1.54) is 6.07 Å². The van der Waals surface area contributed by atoms with Crippen molar-refractivity contribution in [3.05, 3.63) is 34.2 Å². The zero-order valence-electron chi connectivity index (χ0n) is 13.7. The maximum atomic E-state index is 13.8. The van der Waals surface area contributed by atoms with Gasteiger partial charge in [0.15, 0.2) is 0 Å². The number of aromatic carboxylic acids is 1. The number of alkyl halides is 2. The molecule has 144 valence electrons. The van der Waals surface area contributed by atoms with E-state index in [2.05, 4.69) is 0 Å². The van der Waals surface area contributed by atoms with E-state index in [9.17, 15) is 31.6 Å². The third-order valence-electron chi connectivity index (χ3n) is 4.16. The van der Waals surface area contributed by atoms with Crippen molar-refractivity contribution in [1.29, 1.82) is 0 Å². The van der Waals surface area contributed by atoms with Gasteiger partial charge in [0.2, 0.25) is 10.0 Å². The van der Waals surface area contributed by atoms with Crippen molar-refractivity contribution < 1.29 is 31.9 Å². The van der Waals surface area contributed by atoms with Crippen LogP contribution in [0.3, 0.4) is 0 Å². The van der Waals surface area contributed by atoms with Crippen LogP contribution in [0.15, 0.2) is 23.1 Å². The third-order valence-corrected chi connectivity index (χ3v) is 5.54. The molecule has 1 aromatic heterocycles. The lowest BCUT2D eigenvalue weighted by atomic mass is 9.87. The van der Waals surface area contributed by atoms with E-state index in [0.29, 0.717) is 12.8 Å². The van der Waals surface area contributed by atoms with Gasteiger partial charge in [-0.3, -0.25) is 14.3 Å². The Bertz CT molecular complexity index is 865. The number of hydrogen-bond donors (Lipinski definition) is 2. The molecule has 1 heterocycles. The van der Waals surface area contributed by atoms with Crippen LogP contribution in [-0.2, 0) is 21.4 Å². The van der Waals surface area contributed by atoms with Crippen molar-refractivity contribution >= 4 is 21.9 Å². The molecular formula is C15H18F2N2O6S. The maximum absolute atomic E-state index is 13.8. The summed E-state index contributed by atoms with van der Waals surface area (Å²) in [7, 11) is -4.32. The summed E-state index contributed by atoms with van der Waals surface area (Å²) in [6.07, 6.45) is 1.58. The summed E-state index contributed by atoms with van der Waals surface area (Å²) in [5.41, 5.74) is -1.56. The number of nitrogens with zero attached hydrogens (tertiary/aromatic N) is 1. The van der Waals surface area contributed by atoms with Crippen LogP contribution in [0.2, 0.25) is 0 Å². The summed E-state index contributed by atoms with van der Waals surface area (Å²) < 4.78 is 53.9. The molecule has 0 aliphatic heterocycles. The number of carbonyl (C=O) groups is 2. The number of halogens is 2. The zero-order valence-corrected chi connectivity index (χ0v) is 14.5. The van der Waals surface area contributed by atoms with Crippen LogP contribution >= 0.6 is 0 Å². The monoisotopic (exact) mass is 392 g/mol. The zero-order chi connectivity index (χ0) is 19.5. The van der Waals surface area contributed by atoms with E-state index in [-0.39, 0.29) is 6.42 Å². The highest BCUT2D eigenvalue weighted by atomic mass is 32.2. The van der Waals surface area contributed by atoms with Gasteiger partial charge in [-0.05, 0) is 25.0 Å². The SMILES string of the molecule is O=C(Cn1cccc(C(=O)O)c1=O)NS(=O)(=O)CC1CCCCC1(F)F. The molecule has 1 unspecified atom stereocenters. The molecule has 1 aliphatic rings. The predicted molar refractivity (Wildman–Crippen MR) is 86.5 cm³/mol. The minimum absolute atomic E-state index is 0.0439. The lowest BCUT2D eigenvalue weighted by Crippen LogP contribution is -2.43. The molecule has 0 bridgehead atoms. The van der Waals surface area contributed by atoms with Crippen molar-refractivity contribution in [2.75, 3.05) is 5.75 Å². The molecule has 0 aromatic carbocycles. The second kappa shape index (κ2) is 7.52. The second-order valence-corrected chi connectivity index (χ2v) is 7.94. The van der Waals surface area contributed by atoms with Gasteiger partial charge in [-0.15, -0.1) is 0 Å². The molecule has 1 aromatic rings. The topological polar surface area (TPSA) is 123 Å². The molecule has 1 fully saturated rings. The second-order valence-electron chi connectivity index (χ2n) is 6.17. The number of rotatable bonds is 6. The first-order valence-electron chi connectivity index (χ1n) is 7.86. The van der Waals surface area contributed by atoms with Gasteiger partial charge in [-0.2, -0.15) is 0 Å². The normalized spacial score (nSPS) is 19.7. The van der Waals surface area contributed by atoms with Crippen LogP contribution in [0.25, 0.3) is 0 Å². The Hall–Kier alpha value is -2.30. The lowest BCUT2D eigenvalue weighted by molar-refractivity contribution is -0.120. The number of hydrogen-bond acceptors (Lipinski definition) is 5. The number of pyridine rings is 1.